The number of sulfonamides is 1. The number of hydrogen-bond donors (Lipinski definition) is 1. The van der Waals surface area contributed by atoms with Gasteiger partial charge in [0.25, 0.3) is 0 Å². The molecule has 2 aromatic carbocycles. The minimum Gasteiger partial charge on any atom is -0.225 e. The molecule has 3 aromatic rings. The number of hydrogen-bond acceptors (Lipinski definition) is 3. The van der Waals surface area contributed by atoms with E-state index in [0.717, 1.165) is 18.2 Å². The molecule has 3 nitrogen and oxygen atoms in total. The molecule has 0 aliphatic rings. The van der Waals surface area contributed by atoms with E-state index >= 15 is 0 Å². The Bertz CT molecular complexity index is 1040. The monoisotopic (exact) mass is 401 g/mol. The van der Waals surface area contributed by atoms with Crippen molar-refractivity contribution >= 4 is 21.4 Å². The Morgan fingerprint density at radius 1 is 0.885 bits per heavy atom. The molecule has 0 atom stereocenters. The lowest BCUT2D eigenvalue weighted by molar-refractivity contribution is -0.134. The molecule has 0 unspecified atom stereocenters. The minimum atomic E-state index is -4.53. The van der Waals surface area contributed by atoms with Crippen LogP contribution in [0.25, 0.3) is 21.6 Å². The summed E-state index contributed by atoms with van der Waals surface area (Å²) in [6.07, 6.45) is -4.53. The molecule has 0 amide bonds. The van der Waals surface area contributed by atoms with E-state index in [1.54, 1.807) is 0 Å². The molecule has 0 radical (unpaired) electrons. The van der Waals surface area contributed by atoms with Gasteiger partial charge < -0.3 is 0 Å². The van der Waals surface area contributed by atoms with Crippen LogP contribution in [-0.4, -0.2) is 8.42 Å². The van der Waals surface area contributed by atoms with Gasteiger partial charge in [-0.3, -0.25) is 0 Å². The Morgan fingerprint density at radius 3 is 1.92 bits per heavy atom. The van der Waals surface area contributed by atoms with Gasteiger partial charge in [0.2, 0.25) is 10.0 Å². The molecular formula is C17H11F4NO2S2. The highest BCUT2D eigenvalue weighted by Crippen LogP contribution is 2.45. The third kappa shape index (κ3) is 3.79. The van der Waals surface area contributed by atoms with Gasteiger partial charge in [0, 0.05) is 10.4 Å². The van der Waals surface area contributed by atoms with Crippen molar-refractivity contribution < 1.29 is 26.0 Å². The molecule has 0 fully saturated rings. The van der Waals surface area contributed by atoms with Gasteiger partial charge in [0.05, 0.1) is 4.90 Å². The molecule has 0 saturated carbocycles. The molecule has 0 spiro atoms. The van der Waals surface area contributed by atoms with Crippen molar-refractivity contribution in [1.82, 2.24) is 0 Å². The van der Waals surface area contributed by atoms with Gasteiger partial charge >= 0.3 is 6.18 Å². The third-order valence-electron chi connectivity index (χ3n) is 3.61. The first-order valence-corrected chi connectivity index (χ1v) is 9.52. The first-order chi connectivity index (χ1) is 12.1. The molecule has 0 aliphatic heterocycles. The van der Waals surface area contributed by atoms with Crippen LogP contribution in [0.15, 0.2) is 59.5 Å². The summed E-state index contributed by atoms with van der Waals surface area (Å²) < 4.78 is 75.3. The maximum atomic E-state index is 13.2. The largest absolute Gasteiger partial charge is 0.425 e. The molecule has 1 aromatic heterocycles. The van der Waals surface area contributed by atoms with Crippen molar-refractivity contribution in [3.8, 4) is 21.6 Å². The Balaban J connectivity index is 2.16. The third-order valence-corrected chi connectivity index (χ3v) is 5.77. The van der Waals surface area contributed by atoms with E-state index in [0.29, 0.717) is 27.3 Å². The average Bonchev–Trinajstić information content (AvgIpc) is 3.00. The second kappa shape index (κ2) is 6.49. The van der Waals surface area contributed by atoms with Crippen molar-refractivity contribution in [3.05, 3.63) is 65.3 Å². The molecule has 9 heteroatoms. The Kier molecular flexibility index (Phi) is 4.63. The second-order valence-corrected chi connectivity index (χ2v) is 8.04. The smallest absolute Gasteiger partial charge is 0.225 e. The van der Waals surface area contributed by atoms with E-state index in [1.165, 1.54) is 36.4 Å². The van der Waals surface area contributed by atoms with Gasteiger partial charge in [0.1, 0.15) is 10.7 Å². The maximum Gasteiger partial charge on any atom is 0.425 e. The fraction of sp³-hybridized carbons (Fsp3) is 0.0588. The molecule has 0 aliphatic carbocycles. The quantitative estimate of drug-likeness (QED) is 0.636. The van der Waals surface area contributed by atoms with E-state index in [4.69, 9.17) is 5.14 Å². The Hall–Kier alpha value is -2.23. The lowest BCUT2D eigenvalue weighted by Gasteiger charge is -2.05. The van der Waals surface area contributed by atoms with Crippen LogP contribution in [0.2, 0.25) is 0 Å². The average molecular weight is 401 g/mol. The lowest BCUT2D eigenvalue weighted by Crippen LogP contribution is -2.11. The summed E-state index contributed by atoms with van der Waals surface area (Å²) in [7, 11) is -3.91. The summed E-state index contributed by atoms with van der Waals surface area (Å²) in [6, 6.07) is 11.3. The Morgan fingerprint density at radius 2 is 1.42 bits per heavy atom. The highest BCUT2D eigenvalue weighted by Gasteiger charge is 2.34. The van der Waals surface area contributed by atoms with Gasteiger partial charge in [-0.1, -0.05) is 24.3 Å². The molecule has 3 rings (SSSR count). The highest BCUT2D eigenvalue weighted by molar-refractivity contribution is 7.89. The molecular weight excluding hydrogens is 390 g/mol. The molecule has 136 valence electrons. The maximum absolute atomic E-state index is 13.2. The van der Waals surface area contributed by atoms with E-state index in [1.807, 2.05) is 0 Å². The molecule has 0 saturated heterocycles. The number of alkyl halides is 3. The first-order valence-electron chi connectivity index (χ1n) is 7.16. The van der Waals surface area contributed by atoms with Gasteiger partial charge in [0.15, 0.2) is 0 Å². The summed E-state index contributed by atoms with van der Waals surface area (Å²) in [4.78, 5) is -0.640. The zero-order valence-electron chi connectivity index (χ0n) is 12.9. The van der Waals surface area contributed by atoms with Crippen LogP contribution in [0.4, 0.5) is 17.6 Å². The van der Waals surface area contributed by atoms with Gasteiger partial charge in [-0.15, -0.1) is 11.3 Å². The van der Waals surface area contributed by atoms with E-state index < -0.39 is 26.9 Å². The topological polar surface area (TPSA) is 60.2 Å². The van der Waals surface area contributed by atoms with Crippen molar-refractivity contribution in [2.45, 2.75) is 11.1 Å². The van der Waals surface area contributed by atoms with Crippen LogP contribution in [0.3, 0.4) is 0 Å². The summed E-state index contributed by atoms with van der Waals surface area (Å²) in [5, 5.41) is 5.03. The fourth-order valence-electron chi connectivity index (χ4n) is 2.39. The standard InChI is InChI=1S/C17H11F4NO2S2/c18-12-5-1-11(2-6-12)16-14(9-15(25-16)17(19,20)21)10-3-7-13(8-4-10)26(22,23)24/h1-9H,(H2,22,23,24). The predicted octanol–water partition coefficient (Wildman–Crippen LogP) is 4.89. The highest BCUT2D eigenvalue weighted by atomic mass is 32.2. The number of thiophene rings is 1. The van der Waals surface area contributed by atoms with Crippen molar-refractivity contribution in [1.29, 1.82) is 0 Å². The fourth-order valence-corrected chi connectivity index (χ4v) is 3.95. The summed E-state index contributed by atoms with van der Waals surface area (Å²) in [5.41, 5.74) is 1.09. The second-order valence-electron chi connectivity index (χ2n) is 5.43. The SMILES string of the molecule is NS(=O)(=O)c1ccc(-c2cc(C(F)(F)F)sc2-c2ccc(F)cc2)cc1. The first kappa shape index (κ1) is 18.6. The Labute approximate surface area is 150 Å². The number of nitrogens with two attached hydrogens (primary N) is 1. The van der Waals surface area contributed by atoms with Gasteiger partial charge in [-0.25, -0.2) is 17.9 Å². The van der Waals surface area contributed by atoms with Crippen LogP contribution >= 0.6 is 11.3 Å². The van der Waals surface area contributed by atoms with Crippen LogP contribution in [0.1, 0.15) is 4.88 Å². The number of halogens is 4. The lowest BCUT2D eigenvalue weighted by atomic mass is 10.0. The van der Waals surface area contributed by atoms with E-state index in [2.05, 4.69) is 0 Å². The number of benzene rings is 2. The molecule has 2 N–H and O–H groups in total. The predicted molar refractivity (Wildman–Crippen MR) is 91.5 cm³/mol. The molecule has 26 heavy (non-hydrogen) atoms. The zero-order chi connectivity index (χ0) is 19.1. The molecule has 0 bridgehead atoms. The van der Waals surface area contributed by atoms with Crippen LogP contribution in [0, 0.1) is 5.82 Å². The summed E-state index contributed by atoms with van der Waals surface area (Å²) >= 11 is 0.540. The summed E-state index contributed by atoms with van der Waals surface area (Å²) in [5.74, 6) is -0.500. The van der Waals surface area contributed by atoms with Gasteiger partial charge in [-0.05, 0) is 41.5 Å². The van der Waals surface area contributed by atoms with Crippen molar-refractivity contribution in [2.75, 3.05) is 0 Å². The zero-order valence-corrected chi connectivity index (χ0v) is 14.6. The number of rotatable bonds is 3. The van der Waals surface area contributed by atoms with E-state index in [-0.39, 0.29) is 10.5 Å². The van der Waals surface area contributed by atoms with Gasteiger partial charge in [-0.2, -0.15) is 13.2 Å². The van der Waals surface area contributed by atoms with Crippen molar-refractivity contribution in [2.24, 2.45) is 5.14 Å². The summed E-state index contributed by atoms with van der Waals surface area (Å²) in [6.45, 7) is 0. The minimum absolute atomic E-state index is 0.143. The van der Waals surface area contributed by atoms with Crippen LogP contribution in [0.5, 0.6) is 0 Å². The van der Waals surface area contributed by atoms with Crippen LogP contribution in [-0.2, 0) is 16.2 Å². The normalized spacial score (nSPS) is 12.3. The van der Waals surface area contributed by atoms with Crippen LogP contribution < -0.4 is 5.14 Å². The molecule has 1 heterocycles. The van der Waals surface area contributed by atoms with Crippen molar-refractivity contribution in [3.63, 3.8) is 0 Å². The van der Waals surface area contributed by atoms with E-state index in [9.17, 15) is 26.0 Å². The number of primary sulfonamides is 1.